The van der Waals surface area contributed by atoms with Gasteiger partial charge in [0, 0.05) is 6.61 Å². The topological polar surface area (TPSA) is 65.3 Å². The van der Waals surface area contributed by atoms with E-state index < -0.39 is 5.54 Å². The molecule has 0 heterocycles. The number of benzene rings is 1. The van der Waals surface area contributed by atoms with Crippen molar-refractivity contribution < 1.29 is 9.84 Å². The van der Waals surface area contributed by atoms with Crippen molar-refractivity contribution in [1.82, 2.24) is 5.32 Å². The van der Waals surface area contributed by atoms with Crippen LogP contribution in [-0.4, -0.2) is 30.9 Å². The second-order valence-corrected chi connectivity index (χ2v) is 4.98. The van der Waals surface area contributed by atoms with Crippen LogP contribution in [0.1, 0.15) is 18.4 Å². The fraction of sp³-hybridized carbons (Fsp3) is 0.533. The fourth-order valence-corrected chi connectivity index (χ4v) is 2.31. The van der Waals surface area contributed by atoms with E-state index in [-0.39, 0.29) is 6.61 Å². The van der Waals surface area contributed by atoms with Gasteiger partial charge in [-0.2, -0.15) is 5.26 Å². The summed E-state index contributed by atoms with van der Waals surface area (Å²) in [5.74, 6) is 1.14. The summed E-state index contributed by atoms with van der Waals surface area (Å²) >= 11 is 0. The van der Waals surface area contributed by atoms with Crippen LogP contribution in [0.3, 0.4) is 0 Å². The molecule has 1 atom stereocenters. The number of nitriles is 1. The summed E-state index contributed by atoms with van der Waals surface area (Å²) in [6.07, 6.45) is 2.73. The number of hydrogen-bond donors (Lipinski definition) is 2. The van der Waals surface area contributed by atoms with E-state index in [0.29, 0.717) is 18.9 Å². The minimum Gasteiger partial charge on any atom is -0.490 e. The van der Waals surface area contributed by atoms with E-state index in [1.54, 1.807) is 0 Å². The molecule has 1 aromatic rings. The van der Waals surface area contributed by atoms with Gasteiger partial charge in [0.15, 0.2) is 0 Å². The first-order valence-corrected chi connectivity index (χ1v) is 6.67. The van der Waals surface area contributed by atoms with E-state index >= 15 is 0 Å². The zero-order valence-corrected chi connectivity index (χ0v) is 11.2. The molecular weight excluding hydrogens is 240 g/mol. The van der Waals surface area contributed by atoms with Gasteiger partial charge in [-0.05, 0) is 43.9 Å². The van der Waals surface area contributed by atoms with Crippen molar-refractivity contribution in [3.05, 3.63) is 29.8 Å². The maximum Gasteiger partial charge on any atom is 0.143 e. The van der Waals surface area contributed by atoms with Gasteiger partial charge in [-0.25, -0.2) is 0 Å². The molecule has 1 aliphatic rings. The number of para-hydroxylation sites is 1. The molecule has 1 aromatic carbocycles. The first kappa shape index (κ1) is 13.9. The highest BCUT2D eigenvalue weighted by Gasteiger charge is 2.45. The molecule has 1 unspecified atom stereocenters. The number of aliphatic hydroxyl groups excluding tert-OH is 1. The second-order valence-electron chi connectivity index (χ2n) is 4.98. The lowest BCUT2D eigenvalue weighted by atomic mass is 9.96. The first-order chi connectivity index (χ1) is 9.25. The Labute approximate surface area is 114 Å². The van der Waals surface area contributed by atoms with Gasteiger partial charge in [-0.1, -0.05) is 18.2 Å². The molecule has 0 radical (unpaired) electrons. The van der Waals surface area contributed by atoms with Gasteiger partial charge >= 0.3 is 0 Å². The van der Waals surface area contributed by atoms with Crippen LogP contribution in [0.5, 0.6) is 5.75 Å². The van der Waals surface area contributed by atoms with Gasteiger partial charge in [0.05, 0.1) is 6.07 Å². The van der Waals surface area contributed by atoms with Crippen molar-refractivity contribution in [3.8, 4) is 11.8 Å². The number of nitrogens with zero attached hydrogens (tertiary/aromatic N) is 1. The molecule has 0 amide bonds. The molecular formula is C15H20N2O2. The van der Waals surface area contributed by atoms with Gasteiger partial charge in [-0.3, -0.25) is 5.32 Å². The van der Waals surface area contributed by atoms with Crippen LogP contribution >= 0.6 is 0 Å². The quantitative estimate of drug-likeness (QED) is 0.779. The van der Waals surface area contributed by atoms with Gasteiger partial charge in [-0.15, -0.1) is 0 Å². The van der Waals surface area contributed by atoms with E-state index in [1.165, 1.54) is 0 Å². The molecule has 1 fully saturated rings. The van der Waals surface area contributed by atoms with Crippen LogP contribution in [0, 0.1) is 17.2 Å². The molecule has 1 aliphatic carbocycles. The van der Waals surface area contributed by atoms with E-state index in [4.69, 9.17) is 9.84 Å². The third-order valence-corrected chi connectivity index (χ3v) is 3.73. The highest BCUT2D eigenvalue weighted by atomic mass is 16.5. The summed E-state index contributed by atoms with van der Waals surface area (Å²) in [4.78, 5) is 0. The van der Waals surface area contributed by atoms with Gasteiger partial charge in [0.1, 0.15) is 17.9 Å². The summed E-state index contributed by atoms with van der Waals surface area (Å²) in [6, 6.07) is 10.0. The number of likely N-dealkylation sites (N-methyl/N-ethyl adjacent to an activating group) is 1. The van der Waals surface area contributed by atoms with Gasteiger partial charge in [0.2, 0.25) is 0 Å². The Morgan fingerprint density at radius 3 is 2.79 bits per heavy atom. The Hall–Kier alpha value is -1.57. The predicted molar refractivity (Wildman–Crippen MR) is 72.9 cm³/mol. The lowest BCUT2D eigenvalue weighted by molar-refractivity contribution is 0.208. The van der Waals surface area contributed by atoms with Crippen LogP contribution < -0.4 is 10.1 Å². The number of nitrogens with one attached hydrogen (secondary N) is 1. The number of rotatable bonds is 7. The molecule has 4 nitrogen and oxygen atoms in total. The van der Waals surface area contributed by atoms with Crippen LogP contribution in [0.4, 0.5) is 0 Å². The van der Waals surface area contributed by atoms with Crippen molar-refractivity contribution in [3.63, 3.8) is 0 Å². The van der Waals surface area contributed by atoms with E-state index in [9.17, 15) is 5.26 Å². The number of hydrogen-bond acceptors (Lipinski definition) is 4. The van der Waals surface area contributed by atoms with E-state index in [1.807, 2.05) is 31.3 Å². The maximum atomic E-state index is 9.41. The normalized spacial score (nSPS) is 17.5. The molecule has 1 saturated carbocycles. The van der Waals surface area contributed by atoms with Crippen molar-refractivity contribution in [2.45, 2.75) is 24.8 Å². The molecule has 4 heteroatoms. The second kappa shape index (κ2) is 6.05. The first-order valence-electron chi connectivity index (χ1n) is 6.67. The molecule has 0 saturated heterocycles. The molecule has 0 aliphatic heterocycles. The van der Waals surface area contributed by atoms with Crippen LogP contribution in [0.25, 0.3) is 0 Å². The van der Waals surface area contributed by atoms with Gasteiger partial charge in [0.25, 0.3) is 0 Å². The molecule has 2 rings (SSSR count). The third kappa shape index (κ3) is 3.06. The summed E-state index contributed by atoms with van der Waals surface area (Å²) in [6.45, 7) is 0.436. The zero-order chi connectivity index (χ0) is 13.7. The summed E-state index contributed by atoms with van der Waals surface area (Å²) in [5.41, 5.74) is 0.385. The molecule has 19 heavy (non-hydrogen) atoms. The fourth-order valence-electron chi connectivity index (χ4n) is 2.31. The Morgan fingerprint density at radius 2 is 2.21 bits per heavy atom. The van der Waals surface area contributed by atoms with E-state index in [2.05, 4.69) is 11.4 Å². The number of aliphatic hydroxyl groups is 1. The average molecular weight is 260 g/mol. The highest BCUT2D eigenvalue weighted by Crippen LogP contribution is 2.39. The predicted octanol–water partition coefficient (Wildman–Crippen LogP) is 1.49. The van der Waals surface area contributed by atoms with Crippen LogP contribution in [0.2, 0.25) is 0 Å². The van der Waals surface area contributed by atoms with Crippen molar-refractivity contribution in [2.24, 2.45) is 5.92 Å². The third-order valence-electron chi connectivity index (χ3n) is 3.73. The Kier molecular flexibility index (Phi) is 4.41. The Balaban J connectivity index is 2.07. The van der Waals surface area contributed by atoms with Crippen molar-refractivity contribution >= 4 is 0 Å². The summed E-state index contributed by atoms with van der Waals surface area (Å²) in [5, 5.41) is 21.6. The summed E-state index contributed by atoms with van der Waals surface area (Å²) < 4.78 is 5.84. The zero-order valence-electron chi connectivity index (χ0n) is 11.2. The van der Waals surface area contributed by atoms with Crippen LogP contribution in [-0.2, 0) is 6.42 Å². The molecule has 2 N–H and O–H groups in total. The minimum atomic E-state index is -0.591. The van der Waals surface area contributed by atoms with Crippen molar-refractivity contribution in [2.75, 3.05) is 20.3 Å². The molecule has 0 spiro atoms. The largest absolute Gasteiger partial charge is 0.490 e. The van der Waals surface area contributed by atoms with E-state index in [0.717, 1.165) is 24.2 Å². The standard InChI is InChI=1S/C15H20N2O2/c1-17-15(10-16,13-6-7-13)11-19-14-5-3-2-4-12(14)8-9-18/h2-5,13,17-18H,6-9,11H2,1H3. The number of ether oxygens (including phenoxy) is 1. The minimum absolute atomic E-state index is 0.0957. The van der Waals surface area contributed by atoms with Gasteiger partial charge < -0.3 is 9.84 Å². The molecule has 0 bridgehead atoms. The van der Waals surface area contributed by atoms with Crippen molar-refractivity contribution in [1.29, 1.82) is 5.26 Å². The average Bonchev–Trinajstić information content (AvgIpc) is 3.28. The van der Waals surface area contributed by atoms with Crippen LogP contribution in [0.15, 0.2) is 24.3 Å². The monoisotopic (exact) mass is 260 g/mol. The smallest absolute Gasteiger partial charge is 0.143 e. The maximum absolute atomic E-state index is 9.41. The lowest BCUT2D eigenvalue weighted by Gasteiger charge is -2.26. The highest BCUT2D eigenvalue weighted by molar-refractivity contribution is 5.34. The Morgan fingerprint density at radius 1 is 1.47 bits per heavy atom. The Bertz CT molecular complexity index is 465. The SMILES string of the molecule is CNC(C#N)(COc1ccccc1CCO)C1CC1. The lowest BCUT2D eigenvalue weighted by Crippen LogP contribution is -2.49. The molecule has 102 valence electrons. The summed E-state index contributed by atoms with van der Waals surface area (Å²) in [7, 11) is 1.81. The molecule has 0 aromatic heterocycles.